The zero-order valence-electron chi connectivity index (χ0n) is 6.00. The lowest BCUT2D eigenvalue weighted by Crippen LogP contribution is -2.17. The number of hydrogen-bond acceptors (Lipinski definition) is 3. The van der Waals surface area contributed by atoms with Gasteiger partial charge in [0.25, 0.3) is 0 Å². The van der Waals surface area contributed by atoms with Gasteiger partial charge in [-0.2, -0.15) is 0 Å². The molecule has 1 aliphatic heterocycles. The first-order chi connectivity index (χ1) is 4.66. The van der Waals surface area contributed by atoms with E-state index in [1.54, 1.807) is 19.9 Å². The van der Waals surface area contributed by atoms with Crippen LogP contribution in [-0.2, 0) is 9.53 Å². The highest BCUT2D eigenvalue weighted by atomic mass is 16.6. The van der Waals surface area contributed by atoms with Crippen molar-refractivity contribution in [2.24, 2.45) is 0 Å². The molecule has 10 heavy (non-hydrogen) atoms. The number of hydrogen-bond donors (Lipinski definition) is 1. The van der Waals surface area contributed by atoms with E-state index in [-0.39, 0.29) is 0 Å². The second-order valence-electron chi connectivity index (χ2n) is 2.30. The smallest absolute Gasteiger partial charge is 0.336 e. The van der Waals surface area contributed by atoms with Crippen LogP contribution in [0.15, 0.2) is 11.6 Å². The van der Waals surface area contributed by atoms with E-state index in [1.807, 2.05) is 0 Å². The molecule has 1 saturated heterocycles. The molecule has 0 aromatic heterocycles. The van der Waals surface area contributed by atoms with Crippen molar-refractivity contribution < 1.29 is 14.6 Å². The molecule has 0 spiro atoms. The van der Waals surface area contributed by atoms with Gasteiger partial charge in [-0.1, -0.05) is 6.08 Å². The molecule has 1 heterocycles. The van der Waals surface area contributed by atoms with Crippen LogP contribution >= 0.6 is 0 Å². The third-order valence-electron chi connectivity index (χ3n) is 1.60. The molecule has 0 bridgehead atoms. The molecule has 0 unspecified atom stereocenters. The quantitative estimate of drug-likeness (QED) is 0.389. The largest absolute Gasteiger partial charge is 0.456 e. The van der Waals surface area contributed by atoms with Crippen molar-refractivity contribution in [1.82, 2.24) is 0 Å². The average Bonchev–Trinajstić information content (AvgIpc) is 2.09. The van der Waals surface area contributed by atoms with E-state index in [4.69, 9.17) is 4.74 Å². The van der Waals surface area contributed by atoms with Crippen molar-refractivity contribution in [3.8, 4) is 0 Å². The maximum atomic E-state index is 10.8. The molecule has 0 aromatic carbocycles. The highest BCUT2D eigenvalue weighted by Gasteiger charge is 2.34. The molecular weight excluding hydrogens is 132 g/mol. The molecule has 0 aliphatic carbocycles. The third kappa shape index (κ3) is 0.926. The molecule has 56 valence electrons. The second-order valence-corrected chi connectivity index (χ2v) is 2.30. The summed E-state index contributed by atoms with van der Waals surface area (Å²) in [6.45, 7) is 3.37. The summed E-state index contributed by atoms with van der Waals surface area (Å²) in [4.78, 5) is 10.8. The Balaban J connectivity index is 2.85. The lowest BCUT2D eigenvalue weighted by atomic mass is 10.1. The van der Waals surface area contributed by atoms with Gasteiger partial charge in [0.2, 0.25) is 0 Å². The number of rotatable bonds is 0. The standard InChI is InChI=1S/C7H10O3/c1-3-5-6(8)4(2)10-7(5)9/h3-4,6,8H,1-2H3/b5-3-/t4-,6+/m1/s1. The molecule has 3 nitrogen and oxygen atoms in total. The van der Waals surface area contributed by atoms with E-state index in [0.717, 1.165) is 0 Å². The van der Waals surface area contributed by atoms with E-state index in [0.29, 0.717) is 5.57 Å². The lowest BCUT2D eigenvalue weighted by Gasteiger charge is -2.03. The van der Waals surface area contributed by atoms with Crippen molar-refractivity contribution in [3.05, 3.63) is 11.6 Å². The number of ether oxygens (including phenoxy) is 1. The van der Waals surface area contributed by atoms with E-state index in [1.165, 1.54) is 0 Å². The van der Waals surface area contributed by atoms with Crippen LogP contribution in [0.5, 0.6) is 0 Å². The molecule has 1 fully saturated rings. The van der Waals surface area contributed by atoms with Gasteiger partial charge in [0.1, 0.15) is 12.2 Å². The third-order valence-corrected chi connectivity index (χ3v) is 1.60. The highest BCUT2D eigenvalue weighted by Crippen LogP contribution is 2.19. The maximum Gasteiger partial charge on any atom is 0.336 e. The van der Waals surface area contributed by atoms with Crippen molar-refractivity contribution in [2.45, 2.75) is 26.1 Å². The topological polar surface area (TPSA) is 46.5 Å². The van der Waals surface area contributed by atoms with Crippen molar-refractivity contribution in [1.29, 1.82) is 0 Å². The summed E-state index contributed by atoms with van der Waals surface area (Å²) >= 11 is 0. The lowest BCUT2D eigenvalue weighted by molar-refractivity contribution is -0.138. The second kappa shape index (κ2) is 2.42. The summed E-state index contributed by atoms with van der Waals surface area (Å²) in [6, 6.07) is 0. The number of allylic oxidation sites excluding steroid dienone is 1. The van der Waals surface area contributed by atoms with Crippen LogP contribution < -0.4 is 0 Å². The maximum absolute atomic E-state index is 10.8. The van der Waals surface area contributed by atoms with Gasteiger partial charge in [0, 0.05) is 0 Å². The molecular formula is C7H10O3. The number of esters is 1. The Morgan fingerprint density at radius 2 is 2.30 bits per heavy atom. The molecule has 1 rings (SSSR count). The Morgan fingerprint density at radius 3 is 2.50 bits per heavy atom. The van der Waals surface area contributed by atoms with E-state index < -0.39 is 18.2 Å². The summed E-state index contributed by atoms with van der Waals surface area (Å²) in [7, 11) is 0. The van der Waals surface area contributed by atoms with Gasteiger partial charge in [-0.15, -0.1) is 0 Å². The fourth-order valence-corrected chi connectivity index (χ4v) is 0.964. The molecule has 1 N–H and O–H groups in total. The van der Waals surface area contributed by atoms with Gasteiger partial charge < -0.3 is 9.84 Å². The first-order valence-corrected chi connectivity index (χ1v) is 3.22. The van der Waals surface area contributed by atoms with Crippen LogP contribution in [0.3, 0.4) is 0 Å². The molecule has 2 atom stereocenters. The van der Waals surface area contributed by atoms with Crippen LogP contribution in [0.2, 0.25) is 0 Å². The SMILES string of the molecule is C/C=C1\C(=O)O[C@H](C)[C@@H]1O. The summed E-state index contributed by atoms with van der Waals surface area (Å²) < 4.78 is 4.72. The van der Waals surface area contributed by atoms with Crippen LogP contribution in [-0.4, -0.2) is 23.3 Å². The van der Waals surface area contributed by atoms with Crippen LogP contribution in [0.25, 0.3) is 0 Å². The Hall–Kier alpha value is -0.830. The Labute approximate surface area is 59.3 Å². The van der Waals surface area contributed by atoms with Crippen molar-refractivity contribution in [2.75, 3.05) is 0 Å². The molecule has 1 aliphatic rings. The van der Waals surface area contributed by atoms with Gasteiger partial charge in [-0.3, -0.25) is 0 Å². The van der Waals surface area contributed by atoms with Gasteiger partial charge in [0.15, 0.2) is 0 Å². The number of carbonyl (C=O) groups is 1. The van der Waals surface area contributed by atoms with Crippen molar-refractivity contribution >= 4 is 5.97 Å². The Bertz CT molecular complexity index is 183. The number of cyclic esters (lactones) is 1. The number of aliphatic hydroxyl groups excluding tert-OH is 1. The highest BCUT2D eigenvalue weighted by molar-refractivity contribution is 5.91. The normalized spacial score (nSPS) is 36.7. The molecule has 0 radical (unpaired) electrons. The summed E-state index contributed by atoms with van der Waals surface area (Å²) in [5, 5.41) is 9.21. The van der Waals surface area contributed by atoms with Gasteiger partial charge in [-0.05, 0) is 13.8 Å². The minimum atomic E-state index is -0.738. The zero-order chi connectivity index (χ0) is 7.72. The first kappa shape index (κ1) is 7.28. The predicted molar refractivity (Wildman–Crippen MR) is 35.3 cm³/mol. The molecule has 3 heteroatoms. The van der Waals surface area contributed by atoms with E-state index >= 15 is 0 Å². The van der Waals surface area contributed by atoms with E-state index in [2.05, 4.69) is 0 Å². The fourth-order valence-electron chi connectivity index (χ4n) is 0.964. The molecule has 0 aromatic rings. The summed E-state index contributed by atoms with van der Waals surface area (Å²) in [6.07, 6.45) is 0.451. The fraction of sp³-hybridized carbons (Fsp3) is 0.571. The van der Waals surface area contributed by atoms with Crippen LogP contribution in [0.4, 0.5) is 0 Å². The minimum Gasteiger partial charge on any atom is -0.456 e. The number of aliphatic hydroxyl groups is 1. The molecule has 0 amide bonds. The van der Waals surface area contributed by atoms with Crippen molar-refractivity contribution in [3.63, 3.8) is 0 Å². The summed E-state index contributed by atoms with van der Waals surface area (Å²) in [5.41, 5.74) is 0.368. The zero-order valence-corrected chi connectivity index (χ0v) is 6.00. The monoisotopic (exact) mass is 142 g/mol. The first-order valence-electron chi connectivity index (χ1n) is 3.22. The van der Waals surface area contributed by atoms with Crippen LogP contribution in [0, 0.1) is 0 Å². The van der Waals surface area contributed by atoms with Gasteiger partial charge in [0.05, 0.1) is 5.57 Å². The molecule has 0 saturated carbocycles. The predicted octanol–water partition coefficient (Wildman–Crippen LogP) is 0.239. The van der Waals surface area contributed by atoms with Crippen LogP contribution in [0.1, 0.15) is 13.8 Å². The van der Waals surface area contributed by atoms with Gasteiger partial charge in [-0.25, -0.2) is 4.79 Å². The number of carbonyl (C=O) groups excluding carboxylic acids is 1. The Morgan fingerprint density at radius 1 is 1.70 bits per heavy atom. The summed E-state index contributed by atoms with van der Waals surface area (Å²) in [5.74, 6) is -0.400. The average molecular weight is 142 g/mol. The van der Waals surface area contributed by atoms with Gasteiger partial charge >= 0.3 is 5.97 Å². The Kier molecular flexibility index (Phi) is 1.76. The minimum absolute atomic E-state index is 0.368. The van der Waals surface area contributed by atoms with E-state index in [9.17, 15) is 9.90 Å².